The van der Waals surface area contributed by atoms with Gasteiger partial charge < -0.3 is 14.8 Å². The van der Waals surface area contributed by atoms with E-state index in [-0.39, 0.29) is 11.4 Å². The van der Waals surface area contributed by atoms with Gasteiger partial charge in [0.2, 0.25) is 0 Å². The molecule has 0 saturated heterocycles. The molecule has 0 saturated carbocycles. The summed E-state index contributed by atoms with van der Waals surface area (Å²) in [7, 11) is -3.89. The molecule has 0 fully saturated rings. The molecular weight excluding hydrogens is 428 g/mol. The number of nitrogens with zero attached hydrogens (tertiary/aromatic N) is 1. The molecule has 0 bridgehead atoms. The summed E-state index contributed by atoms with van der Waals surface area (Å²) in [5.41, 5.74) is 0.900. The highest BCUT2D eigenvalue weighted by Gasteiger charge is 2.37. The molecule has 4 rings (SSSR count). The number of hydrogen-bond acceptors (Lipinski definition) is 5. The number of benzene rings is 3. The van der Waals surface area contributed by atoms with Gasteiger partial charge in [0.05, 0.1) is 17.1 Å². The Balaban J connectivity index is 1.60. The van der Waals surface area contributed by atoms with Crippen molar-refractivity contribution in [3.05, 3.63) is 91.5 Å². The van der Waals surface area contributed by atoms with Crippen LogP contribution in [0.4, 0.5) is 11.4 Å². The number of sulfonamides is 1. The topological polar surface area (TPSA) is 84.9 Å². The van der Waals surface area contributed by atoms with E-state index in [4.69, 9.17) is 9.47 Å². The van der Waals surface area contributed by atoms with Crippen LogP contribution in [0.5, 0.6) is 11.5 Å². The molecule has 1 amide bonds. The van der Waals surface area contributed by atoms with Gasteiger partial charge in [-0.15, -0.1) is 0 Å². The first-order chi connectivity index (χ1) is 15.5. The molecule has 1 heterocycles. The van der Waals surface area contributed by atoms with E-state index in [9.17, 15) is 13.2 Å². The van der Waals surface area contributed by atoms with Crippen molar-refractivity contribution in [1.29, 1.82) is 0 Å². The number of carbonyl (C=O) groups is 1. The maximum Gasteiger partial charge on any atom is 0.267 e. The Hall–Kier alpha value is -3.78. The van der Waals surface area contributed by atoms with Crippen molar-refractivity contribution in [1.82, 2.24) is 0 Å². The van der Waals surface area contributed by atoms with Crippen molar-refractivity contribution in [2.45, 2.75) is 11.0 Å². The lowest BCUT2D eigenvalue weighted by molar-refractivity contribution is -0.122. The molecule has 0 radical (unpaired) electrons. The molecule has 1 aliphatic heterocycles. The molecule has 0 aromatic heterocycles. The maximum atomic E-state index is 13.3. The van der Waals surface area contributed by atoms with Crippen LogP contribution in [0.15, 0.2) is 96.4 Å². The Morgan fingerprint density at radius 1 is 1.09 bits per heavy atom. The van der Waals surface area contributed by atoms with Gasteiger partial charge in [0.25, 0.3) is 15.9 Å². The first-order valence-electron chi connectivity index (χ1n) is 9.97. The third kappa shape index (κ3) is 4.45. The van der Waals surface area contributed by atoms with Gasteiger partial charge in [0.15, 0.2) is 6.10 Å². The Bertz CT molecular complexity index is 1230. The van der Waals surface area contributed by atoms with Gasteiger partial charge in [-0.05, 0) is 36.4 Å². The Labute approximate surface area is 186 Å². The Morgan fingerprint density at radius 3 is 2.62 bits per heavy atom. The lowest BCUT2D eigenvalue weighted by Gasteiger charge is -2.34. The molecule has 1 atom stereocenters. The van der Waals surface area contributed by atoms with Crippen molar-refractivity contribution < 1.29 is 22.7 Å². The van der Waals surface area contributed by atoms with Crippen molar-refractivity contribution in [3.63, 3.8) is 0 Å². The van der Waals surface area contributed by atoms with Crippen molar-refractivity contribution in [3.8, 4) is 11.5 Å². The highest BCUT2D eigenvalue weighted by atomic mass is 32.2. The van der Waals surface area contributed by atoms with Crippen LogP contribution in [-0.2, 0) is 14.8 Å². The summed E-state index contributed by atoms with van der Waals surface area (Å²) in [6.07, 6.45) is 0.585. The third-order valence-electron chi connectivity index (χ3n) is 4.83. The van der Waals surface area contributed by atoms with Crippen LogP contribution < -0.4 is 19.1 Å². The van der Waals surface area contributed by atoms with E-state index in [1.54, 1.807) is 72.8 Å². The van der Waals surface area contributed by atoms with Gasteiger partial charge >= 0.3 is 0 Å². The third-order valence-corrected chi connectivity index (χ3v) is 6.62. The van der Waals surface area contributed by atoms with Gasteiger partial charge in [-0.25, -0.2) is 8.42 Å². The van der Waals surface area contributed by atoms with Crippen LogP contribution in [-0.4, -0.2) is 33.6 Å². The summed E-state index contributed by atoms with van der Waals surface area (Å²) in [5, 5.41) is 2.78. The fourth-order valence-electron chi connectivity index (χ4n) is 3.33. The molecule has 1 unspecified atom stereocenters. The number of rotatable bonds is 7. The number of ether oxygens (including phenoxy) is 2. The van der Waals surface area contributed by atoms with Crippen LogP contribution in [0.25, 0.3) is 0 Å². The molecule has 8 heteroatoms. The van der Waals surface area contributed by atoms with Gasteiger partial charge in [-0.1, -0.05) is 49.1 Å². The molecule has 0 aliphatic carbocycles. The minimum absolute atomic E-state index is 0.142. The predicted molar refractivity (Wildman–Crippen MR) is 123 cm³/mol. The van der Waals surface area contributed by atoms with Crippen LogP contribution in [0.2, 0.25) is 0 Å². The largest absolute Gasteiger partial charge is 0.489 e. The highest BCUT2D eigenvalue weighted by Crippen LogP contribution is 2.37. The monoisotopic (exact) mass is 450 g/mol. The molecule has 1 aliphatic rings. The molecule has 1 N–H and O–H groups in total. The SMILES string of the molecule is C=CCOc1cccc(NC(=O)C2CN(S(=O)(=O)c3ccccc3)c3ccccc3O2)c1. The molecule has 3 aromatic rings. The Kier molecular flexibility index (Phi) is 6.13. The van der Waals surface area contributed by atoms with Crippen molar-refractivity contribution >= 4 is 27.3 Å². The van der Waals surface area contributed by atoms with Gasteiger partial charge in [-0.2, -0.15) is 0 Å². The summed E-state index contributed by atoms with van der Waals surface area (Å²) < 4.78 is 39.2. The average molecular weight is 451 g/mol. The summed E-state index contributed by atoms with van der Waals surface area (Å²) in [6, 6.07) is 21.8. The van der Waals surface area contributed by atoms with E-state index in [0.29, 0.717) is 29.5 Å². The van der Waals surface area contributed by atoms with E-state index in [1.807, 2.05) is 0 Å². The summed E-state index contributed by atoms with van der Waals surface area (Å²) in [4.78, 5) is 13.1. The summed E-state index contributed by atoms with van der Waals surface area (Å²) in [6.45, 7) is 3.79. The second kappa shape index (κ2) is 9.15. The number of hydrogen-bond donors (Lipinski definition) is 1. The van der Waals surface area contributed by atoms with E-state index >= 15 is 0 Å². The highest BCUT2D eigenvalue weighted by molar-refractivity contribution is 7.92. The first kappa shape index (κ1) is 21.5. The van der Waals surface area contributed by atoms with Crippen LogP contribution in [0.1, 0.15) is 0 Å². The number of anilines is 2. The average Bonchev–Trinajstić information content (AvgIpc) is 2.82. The zero-order valence-electron chi connectivity index (χ0n) is 17.2. The van der Waals surface area contributed by atoms with E-state index in [1.165, 1.54) is 16.4 Å². The van der Waals surface area contributed by atoms with Gasteiger partial charge in [0, 0.05) is 11.8 Å². The smallest absolute Gasteiger partial charge is 0.267 e. The van der Waals surface area contributed by atoms with Crippen molar-refractivity contribution in [2.75, 3.05) is 22.8 Å². The van der Waals surface area contributed by atoms with E-state index in [0.717, 1.165) is 0 Å². The number of nitrogens with one attached hydrogen (secondary N) is 1. The lowest BCUT2D eigenvalue weighted by atomic mass is 10.2. The number of para-hydroxylation sites is 2. The summed E-state index contributed by atoms with van der Waals surface area (Å²) >= 11 is 0. The fourth-order valence-corrected chi connectivity index (χ4v) is 4.82. The molecule has 0 spiro atoms. The number of amides is 1. The van der Waals surface area contributed by atoms with E-state index < -0.39 is 22.0 Å². The second-order valence-corrected chi connectivity index (χ2v) is 8.90. The maximum absolute atomic E-state index is 13.3. The van der Waals surface area contributed by atoms with E-state index in [2.05, 4.69) is 11.9 Å². The molecular formula is C24H22N2O5S. The molecule has 3 aromatic carbocycles. The zero-order valence-corrected chi connectivity index (χ0v) is 18.0. The van der Waals surface area contributed by atoms with Crippen LogP contribution >= 0.6 is 0 Å². The second-order valence-electron chi connectivity index (χ2n) is 7.04. The zero-order chi connectivity index (χ0) is 22.6. The van der Waals surface area contributed by atoms with Crippen molar-refractivity contribution in [2.24, 2.45) is 0 Å². The number of fused-ring (bicyclic) bond motifs is 1. The minimum Gasteiger partial charge on any atom is -0.489 e. The van der Waals surface area contributed by atoms with Crippen LogP contribution in [0, 0.1) is 0 Å². The van der Waals surface area contributed by atoms with Gasteiger partial charge in [0.1, 0.15) is 18.1 Å². The molecule has 164 valence electrons. The predicted octanol–water partition coefficient (Wildman–Crippen LogP) is 3.85. The standard InChI is InChI=1S/C24H22N2O5S/c1-2-15-30-19-10-8-9-18(16-19)25-24(27)23-17-26(21-13-6-7-14-22(21)31-23)32(28,29)20-11-4-3-5-12-20/h2-14,16,23H,1,15,17H2,(H,25,27). The fraction of sp³-hybridized carbons (Fsp3) is 0.125. The molecule has 7 nitrogen and oxygen atoms in total. The quantitative estimate of drug-likeness (QED) is 0.553. The van der Waals surface area contributed by atoms with Gasteiger partial charge in [-0.3, -0.25) is 9.10 Å². The summed E-state index contributed by atoms with van der Waals surface area (Å²) in [5.74, 6) is 0.431. The number of carbonyl (C=O) groups excluding carboxylic acids is 1. The Morgan fingerprint density at radius 2 is 1.84 bits per heavy atom. The lowest BCUT2D eigenvalue weighted by Crippen LogP contribution is -2.48. The molecule has 32 heavy (non-hydrogen) atoms. The van der Waals surface area contributed by atoms with Crippen LogP contribution in [0.3, 0.4) is 0 Å². The minimum atomic E-state index is -3.89. The normalized spacial score (nSPS) is 15.2. The first-order valence-corrected chi connectivity index (χ1v) is 11.4.